The number of sulfone groups is 1. The summed E-state index contributed by atoms with van der Waals surface area (Å²) in [5.41, 5.74) is 0.367. The number of methoxy groups -OCH3 is 1. The number of nitrogens with two attached hydrogens (primary N) is 1. The van der Waals surface area contributed by atoms with Crippen LogP contribution in [0.15, 0.2) is 23.1 Å². The fraction of sp³-hybridized carbons (Fsp3) is 0.364. The largest absolute Gasteiger partial charge is 0.496 e. The lowest BCUT2D eigenvalue weighted by molar-refractivity contribution is -0.118. The molecule has 3 N–H and O–H groups in total. The highest BCUT2D eigenvalue weighted by Gasteiger charge is 2.14. The van der Waals surface area contributed by atoms with E-state index in [1.54, 1.807) is 0 Å². The van der Waals surface area contributed by atoms with Crippen molar-refractivity contribution in [2.45, 2.75) is 11.4 Å². The molecule has 0 saturated heterocycles. The Kier molecular flexibility index (Phi) is 5.31. The molecule has 0 saturated carbocycles. The van der Waals surface area contributed by atoms with Gasteiger partial charge < -0.3 is 10.1 Å². The zero-order chi connectivity index (χ0) is 16.3. The van der Waals surface area contributed by atoms with Crippen molar-refractivity contribution in [2.75, 3.05) is 19.1 Å². The first-order valence-corrected chi connectivity index (χ1v) is 9.28. The van der Waals surface area contributed by atoms with E-state index in [2.05, 4.69) is 5.32 Å². The molecule has 0 aliphatic heterocycles. The Morgan fingerprint density at radius 2 is 1.90 bits per heavy atom. The lowest BCUT2D eigenvalue weighted by atomic mass is 10.2. The molecule has 0 fully saturated rings. The predicted octanol–water partition coefficient (Wildman–Crippen LogP) is -0.997. The third-order valence-electron chi connectivity index (χ3n) is 2.45. The second kappa shape index (κ2) is 6.41. The van der Waals surface area contributed by atoms with Crippen LogP contribution in [0.25, 0.3) is 0 Å². The molecule has 0 spiro atoms. The molecule has 0 aromatic heterocycles. The van der Waals surface area contributed by atoms with Crippen LogP contribution in [0.5, 0.6) is 5.75 Å². The molecule has 0 heterocycles. The van der Waals surface area contributed by atoms with Crippen LogP contribution in [0.2, 0.25) is 0 Å². The number of rotatable bonds is 6. The highest BCUT2D eigenvalue weighted by atomic mass is 32.2. The number of hydrogen-bond acceptors (Lipinski definition) is 6. The van der Waals surface area contributed by atoms with Crippen molar-refractivity contribution >= 4 is 25.8 Å². The van der Waals surface area contributed by atoms with E-state index in [1.807, 2.05) is 0 Å². The smallest absolute Gasteiger partial charge is 0.238 e. The Balaban J connectivity index is 2.94. The van der Waals surface area contributed by atoms with Gasteiger partial charge in [0.05, 0.1) is 12.0 Å². The molecule has 0 bridgehead atoms. The maximum Gasteiger partial charge on any atom is 0.238 e. The number of amides is 1. The van der Waals surface area contributed by atoms with Crippen molar-refractivity contribution < 1.29 is 26.4 Å². The molecule has 0 unspecified atom stereocenters. The van der Waals surface area contributed by atoms with Crippen LogP contribution < -0.4 is 15.2 Å². The van der Waals surface area contributed by atoms with Crippen molar-refractivity contribution in [1.29, 1.82) is 0 Å². The van der Waals surface area contributed by atoms with Gasteiger partial charge in [0.15, 0.2) is 9.84 Å². The van der Waals surface area contributed by atoms with Gasteiger partial charge in [0, 0.05) is 18.4 Å². The highest BCUT2D eigenvalue weighted by Crippen LogP contribution is 2.21. The molecule has 0 aliphatic carbocycles. The van der Waals surface area contributed by atoms with E-state index in [9.17, 15) is 21.6 Å². The van der Waals surface area contributed by atoms with Crippen LogP contribution in [0.1, 0.15) is 5.56 Å². The van der Waals surface area contributed by atoms with Gasteiger partial charge in [-0.05, 0) is 18.2 Å². The topological polar surface area (TPSA) is 133 Å². The minimum atomic E-state index is -3.88. The molecular formula is C11H16N2O6S2. The Morgan fingerprint density at radius 3 is 2.38 bits per heavy atom. The van der Waals surface area contributed by atoms with E-state index in [1.165, 1.54) is 25.3 Å². The predicted molar refractivity (Wildman–Crippen MR) is 75.9 cm³/mol. The number of primary sulfonamides is 1. The van der Waals surface area contributed by atoms with Gasteiger partial charge in [-0.3, -0.25) is 4.79 Å². The molecule has 1 amide bonds. The van der Waals surface area contributed by atoms with Gasteiger partial charge in [0.1, 0.15) is 11.5 Å². The Labute approximate surface area is 123 Å². The summed E-state index contributed by atoms with van der Waals surface area (Å²) in [5.74, 6) is -0.993. The maximum atomic E-state index is 11.4. The molecule has 0 aliphatic rings. The van der Waals surface area contributed by atoms with Crippen molar-refractivity contribution in [2.24, 2.45) is 5.14 Å². The lowest BCUT2D eigenvalue weighted by Gasteiger charge is -2.11. The van der Waals surface area contributed by atoms with E-state index in [-0.39, 0.29) is 11.4 Å². The van der Waals surface area contributed by atoms with Crippen molar-refractivity contribution in [3.8, 4) is 5.75 Å². The first kappa shape index (κ1) is 17.4. The molecule has 21 heavy (non-hydrogen) atoms. The zero-order valence-corrected chi connectivity index (χ0v) is 13.1. The molecule has 8 nitrogen and oxygen atoms in total. The summed E-state index contributed by atoms with van der Waals surface area (Å²) >= 11 is 0. The third-order valence-corrected chi connectivity index (χ3v) is 4.15. The number of carbonyl (C=O) groups is 1. The van der Waals surface area contributed by atoms with E-state index >= 15 is 0 Å². The summed E-state index contributed by atoms with van der Waals surface area (Å²) in [7, 11) is -5.93. The number of carbonyl (C=O) groups excluding carboxylic acids is 1. The van der Waals surface area contributed by atoms with Gasteiger partial charge >= 0.3 is 0 Å². The van der Waals surface area contributed by atoms with E-state index < -0.39 is 31.5 Å². The zero-order valence-electron chi connectivity index (χ0n) is 11.5. The summed E-state index contributed by atoms with van der Waals surface area (Å²) in [4.78, 5) is 11.3. The minimum Gasteiger partial charge on any atom is -0.496 e. The number of sulfonamides is 1. The van der Waals surface area contributed by atoms with Crippen molar-refractivity contribution in [3.05, 3.63) is 23.8 Å². The highest BCUT2D eigenvalue weighted by molar-refractivity contribution is 7.91. The van der Waals surface area contributed by atoms with Crippen LogP contribution in [0.3, 0.4) is 0 Å². The Morgan fingerprint density at radius 1 is 1.29 bits per heavy atom. The average molecular weight is 336 g/mol. The fourth-order valence-electron chi connectivity index (χ4n) is 1.55. The quantitative estimate of drug-likeness (QED) is 0.685. The Hall–Kier alpha value is -1.65. The van der Waals surface area contributed by atoms with Gasteiger partial charge in [-0.1, -0.05) is 0 Å². The van der Waals surface area contributed by atoms with E-state index in [4.69, 9.17) is 9.88 Å². The second-order valence-corrected chi connectivity index (χ2v) is 8.07. The molecule has 118 valence electrons. The van der Waals surface area contributed by atoms with Gasteiger partial charge in [-0.15, -0.1) is 0 Å². The number of hydrogen-bond donors (Lipinski definition) is 2. The Bertz CT molecular complexity index is 740. The van der Waals surface area contributed by atoms with Gasteiger partial charge in [0.2, 0.25) is 15.9 Å². The summed E-state index contributed by atoms with van der Waals surface area (Å²) < 4.78 is 49.6. The summed E-state index contributed by atoms with van der Waals surface area (Å²) in [6.07, 6.45) is 0.939. The average Bonchev–Trinajstić information content (AvgIpc) is 2.32. The molecule has 1 aromatic rings. The molecule has 1 rings (SSSR count). The second-order valence-electron chi connectivity index (χ2n) is 4.37. The fourth-order valence-corrected chi connectivity index (χ4v) is 2.70. The van der Waals surface area contributed by atoms with Crippen LogP contribution in [0, 0.1) is 0 Å². The van der Waals surface area contributed by atoms with Gasteiger partial charge in [0.25, 0.3) is 0 Å². The van der Waals surface area contributed by atoms with E-state index in [0.29, 0.717) is 11.3 Å². The van der Waals surface area contributed by atoms with Crippen LogP contribution in [-0.2, 0) is 31.2 Å². The summed E-state index contributed by atoms with van der Waals surface area (Å²) in [6.45, 7) is -0.0825. The standard InChI is InChI=1S/C11H16N2O6S2/c1-19-10-4-3-9(21(12,17)18)5-8(10)6-13-11(14)7-20(2,15)16/h3-5H,6-7H2,1-2H3,(H,13,14)(H2,12,17,18). The van der Waals surface area contributed by atoms with Crippen molar-refractivity contribution in [1.82, 2.24) is 5.32 Å². The first-order chi connectivity index (χ1) is 9.53. The number of nitrogens with one attached hydrogen (secondary N) is 1. The third kappa shape index (κ3) is 5.69. The van der Waals surface area contributed by atoms with E-state index in [0.717, 1.165) is 6.26 Å². The monoisotopic (exact) mass is 336 g/mol. The van der Waals surface area contributed by atoms with Gasteiger partial charge in [-0.2, -0.15) is 0 Å². The normalized spacial score (nSPS) is 12.0. The van der Waals surface area contributed by atoms with Crippen molar-refractivity contribution in [3.63, 3.8) is 0 Å². The number of ether oxygens (including phenoxy) is 1. The van der Waals surface area contributed by atoms with Crippen LogP contribution in [-0.4, -0.2) is 41.9 Å². The number of benzene rings is 1. The minimum absolute atomic E-state index is 0.0825. The maximum absolute atomic E-state index is 11.4. The lowest BCUT2D eigenvalue weighted by Crippen LogP contribution is -2.29. The molecule has 10 heteroatoms. The van der Waals surface area contributed by atoms with Crippen LogP contribution >= 0.6 is 0 Å². The molecule has 1 aromatic carbocycles. The summed E-state index contributed by atoms with van der Waals surface area (Å²) in [5, 5.41) is 7.40. The summed E-state index contributed by atoms with van der Waals surface area (Å²) in [6, 6.07) is 3.93. The van der Waals surface area contributed by atoms with Gasteiger partial charge in [-0.25, -0.2) is 22.0 Å². The SMILES string of the molecule is COc1ccc(S(N)(=O)=O)cc1CNC(=O)CS(C)(=O)=O. The molecule has 0 radical (unpaired) electrons. The molecule has 0 atom stereocenters. The van der Waals surface area contributed by atoms with Crippen LogP contribution in [0.4, 0.5) is 0 Å². The molecular weight excluding hydrogens is 320 g/mol. The first-order valence-electron chi connectivity index (χ1n) is 5.67.